The van der Waals surface area contributed by atoms with Gasteiger partial charge in [0.1, 0.15) is 4.90 Å². The molecule has 0 fully saturated rings. The summed E-state index contributed by atoms with van der Waals surface area (Å²) in [6.45, 7) is 5.00. The van der Waals surface area contributed by atoms with Crippen molar-refractivity contribution in [1.82, 2.24) is 0 Å². The first-order chi connectivity index (χ1) is 12.5. The van der Waals surface area contributed by atoms with Gasteiger partial charge in [0.25, 0.3) is 5.91 Å². The lowest BCUT2D eigenvalue weighted by Gasteiger charge is -2.15. The van der Waals surface area contributed by atoms with Gasteiger partial charge in [0.15, 0.2) is 9.84 Å². The number of nitrogens with two attached hydrogens (primary N) is 1. The maximum absolute atomic E-state index is 12.8. The second kappa shape index (κ2) is 7.93. The van der Waals surface area contributed by atoms with Crippen LogP contribution in [0.3, 0.4) is 0 Å². The molecule has 7 nitrogen and oxygen atoms in total. The molecule has 0 aromatic heterocycles. The highest BCUT2D eigenvalue weighted by atomic mass is 79.9. The molecule has 0 unspecified atom stereocenters. The van der Waals surface area contributed by atoms with E-state index in [2.05, 4.69) is 27.8 Å². The predicted molar refractivity (Wildman–Crippen MR) is 107 cm³/mol. The zero-order valence-corrected chi connectivity index (χ0v) is 17.5. The standard InChI is InChI=1S/C17H17BrN2O5S2/c1-3-10-26(22,23)16-11(2)13(18)9-8-12(16)17(21)20-14-6-4-5-7-15(14)27(19,24)25/h3-9H,1,10H2,2H3,(H,20,21)(H2,19,24,25). The quantitative estimate of drug-likeness (QED) is 0.625. The first-order valence-electron chi connectivity index (χ1n) is 7.55. The van der Waals surface area contributed by atoms with E-state index in [9.17, 15) is 21.6 Å². The molecule has 10 heteroatoms. The molecule has 0 saturated carbocycles. The van der Waals surface area contributed by atoms with Gasteiger partial charge in [0.05, 0.1) is 21.9 Å². The number of carbonyl (C=O) groups excluding carboxylic acids is 1. The van der Waals surface area contributed by atoms with Crippen LogP contribution in [-0.2, 0) is 19.9 Å². The maximum atomic E-state index is 12.8. The topological polar surface area (TPSA) is 123 Å². The van der Waals surface area contributed by atoms with Crippen LogP contribution in [-0.4, -0.2) is 28.5 Å². The van der Waals surface area contributed by atoms with E-state index in [-0.39, 0.29) is 26.8 Å². The van der Waals surface area contributed by atoms with E-state index in [0.717, 1.165) is 0 Å². The van der Waals surface area contributed by atoms with Gasteiger partial charge in [0, 0.05) is 4.47 Å². The van der Waals surface area contributed by atoms with Crippen LogP contribution in [0.2, 0.25) is 0 Å². The van der Waals surface area contributed by atoms with E-state index in [1.165, 1.54) is 36.4 Å². The second-order valence-corrected chi connectivity index (χ2v) is 9.97. The number of anilines is 1. The van der Waals surface area contributed by atoms with Crippen molar-refractivity contribution in [2.45, 2.75) is 16.7 Å². The Hall–Kier alpha value is -2.01. The molecule has 0 aliphatic carbocycles. The number of primary sulfonamides is 1. The highest BCUT2D eigenvalue weighted by Crippen LogP contribution is 2.29. The van der Waals surface area contributed by atoms with Crippen molar-refractivity contribution in [2.75, 3.05) is 11.1 Å². The van der Waals surface area contributed by atoms with Crippen molar-refractivity contribution in [3.63, 3.8) is 0 Å². The summed E-state index contributed by atoms with van der Waals surface area (Å²) in [5.41, 5.74) is 0.212. The zero-order valence-electron chi connectivity index (χ0n) is 14.3. The Kier molecular flexibility index (Phi) is 6.25. The summed E-state index contributed by atoms with van der Waals surface area (Å²) < 4.78 is 49.2. The van der Waals surface area contributed by atoms with E-state index < -0.39 is 25.8 Å². The fourth-order valence-corrected chi connectivity index (χ4v) is 5.20. The number of benzene rings is 2. The number of hydrogen-bond acceptors (Lipinski definition) is 5. The largest absolute Gasteiger partial charge is 0.321 e. The minimum Gasteiger partial charge on any atom is -0.321 e. The van der Waals surface area contributed by atoms with Crippen molar-refractivity contribution < 1.29 is 21.6 Å². The molecule has 0 bridgehead atoms. The van der Waals surface area contributed by atoms with Gasteiger partial charge in [-0.25, -0.2) is 22.0 Å². The molecule has 0 saturated heterocycles. The molecular weight excluding hydrogens is 456 g/mol. The molecule has 0 heterocycles. The Morgan fingerprint density at radius 3 is 2.41 bits per heavy atom. The molecule has 2 aromatic carbocycles. The van der Waals surface area contributed by atoms with E-state index in [1.807, 2.05) is 0 Å². The molecule has 0 spiro atoms. The SMILES string of the molecule is C=CCS(=O)(=O)c1c(C(=O)Nc2ccccc2S(N)(=O)=O)ccc(Br)c1C. The Balaban J connectivity index is 2.60. The van der Waals surface area contributed by atoms with Gasteiger partial charge in [-0.2, -0.15) is 0 Å². The fourth-order valence-electron chi connectivity index (χ4n) is 2.49. The van der Waals surface area contributed by atoms with Crippen molar-refractivity contribution in [3.8, 4) is 0 Å². The third kappa shape index (κ3) is 4.64. The molecule has 144 valence electrons. The monoisotopic (exact) mass is 472 g/mol. The van der Waals surface area contributed by atoms with Gasteiger partial charge < -0.3 is 5.32 Å². The van der Waals surface area contributed by atoms with Gasteiger partial charge in [-0.1, -0.05) is 34.1 Å². The van der Waals surface area contributed by atoms with Crippen LogP contribution < -0.4 is 10.5 Å². The average Bonchev–Trinajstić information content (AvgIpc) is 2.56. The molecule has 1 amide bonds. The van der Waals surface area contributed by atoms with Crippen molar-refractivity contribution in [1.29, 1.82) is 0 Å². The summed E-state index contributed by atoms with van der Waals surface area (Å²) in [7, 11) is -7.90. The van der Waals surface area contributed by atoms with Gasteiger partial charge >= 0.3 is 0 Å². The summed E-state index contributed by atoms with van der Waals surface area (Å²) in [5.74, 6) is -1.12. The zero-order chi connectivity index (χ0) is 20.4. The number of para-hydroxylation sites is 1. The summed E-state index contributed by atoms with van der Waals surface area (Å²) in [5, 5.41) is 7.59. The molecule has 2 aromatic rings. The minimum absolute atomic E-state index is 0.0439. The van der Waals surface area contributed by atoms with Crippen LogP contribution in [0.15, 0.2) is 63.3 Å². The highest BCUT2D eigenvalue weighted by Gasteiger charge is 2.26. The number of rotatable bonds is 6. The number of carbonyl (C=O) groups is 1. The van der Waals surface area contributed by atoms with Crippen molar-refractivity contribution in [2.24, 2.45) is 5.14 Å². The Bertz CT molecular complexity index is 1130. The van der Waals surface area contributed by atoms with Crippen molar-refractivity contribution in [3.05, 3.63) is 64.7 Å². The number of sulfone groups is 1. The lowest BCUT2D eigenvalue weighted by Crippen LogP contribution is -2.21. The molecule has 0 radical (unpaired) electrons. The van der Waals surface area contributed by atoms with Gasteiger partial charge in [0.2, 0.25) is 10.0 Å². The number of sulfonamides is 1. The van der Waals surface area contributed by atoms with Crippen LogP contribution in [0, 0.1) is 6.92 Å². The van der Waals surface area contributed by atoms with Gasteiger partial charge in [-0.15, -0.1) is 6.58 Å². The summed E-state index contributed by atoms with van der Waals surface area (Å²) in [6, 6.07) is 8.48. The fraction of sp³-hybridized carbons (Fsp3) is 0.118. The smallest absolute Gasteiger partial charge is 0.257 e. The maximum Gasteiger partial charge on any atom is 0.257 e. The van der Waals surface area contributed by atoms with Crippen LogP contribution in [0.4, 0.5) is 5.69 Å². The lowest BCUT2D eigenvalue weighted by atomic mass is 10.1. The summed E-state index contributed by atoms with van der Waals surface area (Å²) in [4.78, 5) is 12.4. The lowest BCUT2D eigenvalue weighted by molar-refractivity contribution is 0.102. The third-order valence-electron chi connectivity index (χ3n) is 3.67. The van der Waals surface area contributed by atoms with Crippen LogP contribution in [0.25, 0.3) is 0 Å². The summed E-state index contributed by atoms with van der Waals surface area (Å²) >= 11 is 3.26. The number of halogens is 1. The van der Waals surface area contributed by atoms with E-state index in [1.54, 1.807) is 13.0 Å². The molecule has 0 aliphatic heterocycles. The van der Waals surface area contributed by atoms with Crippen LogP contribution >= 0.6 is 15.9 Å². The molecule has 3 N–H and O–H groups in total. The minimum atomic E-state index is -4.08. The molecule has 0 aliphatic rings. The first kappa shape index (κ1) is 21.3. The predicted octanol–water partition coefficient (Wildman–Crippen LogP) is 2.62. The molecule has 0 atom stereocenters. The van der Waals surface area contributed by atoms with E-state index in [0.29, 0.717) is 10.0 Å². The van der Waals surface area contributed by atoms with Crippen molar-refractivity contribution >= 4 is 47.4 Å². The molecule has 27 heavy (non-hydrogen) atoms. The molecular formula is C17H17BrN2O5S2. The number of nitrogens with one attached hydrogen (secondary N) is 1. The number of hydrogen-bond donors (Lipinski definition) is 2. The van der Waals surface area contributed by atoms with Crippen LogP contribution in [0.1, 0.15) is 15.9 Å². The van der Waals surface area contributed by atoms with Gasteiger partial charge in [-0.05, 0) is 36.8 Å². The van der Waals surface area contributed by atoms with E-state index in [4.69, 9.17) is 5.14 Å². The van der Waals surface area contributed by atoms with E-state index >= 15 is 0 Å². The second-order valence-electron chi connectivity index (χ2n) is 5.61. The van der Waals surface area contributed by atoms with Gasteiger partial charge in [-0.3, -0.25) is 4.79 Å². The number of amides is 1. The Morgan fingerprint density at radius 2 is 1.81 bits per heavy atom. The normalized spacial score (nSPS) is 11.8. The Labute approximate surface area is 166 Å². The third-order valence-corrected chi connectivity index (χ3v) is 7.33. The average molecular weight is 473 g/mol. The molecule has 2 rings (SSSR count). The first-order valence-corrected chi connectivity index (χ1v) is 11.5. The Morgan fingerprint density at radius 1 is 1.19 bits per heavy atom. The summed E-state index contributed by atoms with van der Waals surface area (Å²) in [6.07, 6.45) is 1.23. The van der Waals surface area contributed by atoms with Crippen LogP contribution in [0.5, 0.6) is 0 Å². The highest BCUT2D eigenvalue weighted by molar-refractivity contribution is 9.10.